The summed E-state index contributed by atoms with van der Waals surface area (Å²) in [4.78, 5) is 24.4. The van der Waals surface area contributed by atoms with Crippen molar-refractivity contribution in [1.29, 1.82) is 0 Å². The van der Waals surface area contributed by atoms with Gasteiger partial charge in [-0.3, -0.25) is 4.79 Å². The molecule has 4 aliphatic rings. The zero-order chi connectivity index (χ0) is 14.8. The first kappa shape index (κ1) is 13.7. The molecule has 0 amide bonds. The molecule has 2 aliphatic heterocycles. The van der Waals surface area contributed by atoms with Crippen LogP contribution in [0.5, 0.6) is 0 Å². The third-order valence-electron chi connectivity index (χ3n) is 5.02. The average Bonchev–Trinajstić information content (AvgIpc) is 2.34. The Morgan fingerprint density at radius 3 is 2.65 bits per heavy atom. The van der Waals surface area contributed by atoms with Crippen molar-refractivity contribution in [3.8, 4) is 0 Å². The Hall–Kier alpha value is -1.32. The maximum atomic E-state index is 12.4. The van der Waals surface area contributed by atoms with E-state index in [4.69, 9.17) is 9.47 Å². The van der Waals surface area contributed by atoms with Gasteiger partial charge in [-0.1, -0.05) is 6.58 Å². The molecule has 2 saturated heterocycles. The van der Waals surface area contributed by atoms with Crippen LogP contribution in [0.2, 0.25) is 0 Å². The molecular formula is C16H22O4. The van der Waals surface area contributed by atoms with E-state index in [9.17, 15) is 9.59 Å². The van der Waals surface area contributed by atoms with Crippen molar-refractivity contribution >= 4 is 11.9 Å². The van der Waals surface area contributed by atoms with Gasteiger partial charge in [0.2, 0.25) is 0 Å². The van der Waals surface area contributed by atoms with Crippen LogP contribution in [0.15, 0.2) is 12.2 Å². The summed E-state index contributed by atoms with van der Waals surface area (Å²) in [7, 11) is 0. The molecule has 0 aromatic carbocycles. The van der Waals surface area contributed by atoms with Crippen molar-refractivity contribution in [2.75, 3.05) is 0 Å². The molecule has 2 saturated carbocycles. The highest BCUT2D eigenvalue weighted by molar-refractivity contribution is 5.87. The van der Waals surface area contributed by atoms with Crippen LogP contribution in [0.4, 0.5) is 0 Å². The Morgan fingerprint density at radius 2 is 2.00 bits per heavy atom. The van der Waals surface area contributed by atoms with E-state index in [1.165, 1.54) is 0 Å². The Morgan fingerprint density at radius 1 is 1.30 bits per heavy atom. The Balaban J connectivity index is 1.99. The van der Waals surface area contributed by atoms with Crippen molar-refractivity contribution in [1.82, 2.24) is 0 Å². The highest BCUT2D eigenvalue weighted by Crippen LogP contribution is 2.59. The molecule has 4 fully saturated rings. The molecule has 20 heavy (non-hydrogen) atoms. The predicted molar refractivity (Wildman–Crippen MR) is 72.8 cm³/mol. The Labute approximate surface area is 119 Å². The maximum absolute atomic E-state index is 12.4. The lowest BCUT2D eigenvalue weighted by atomic mass is 9.57. The third-order valence-corrected chi connectivity index (χ3v) is 5.02. The van der Waals surface area contributed by atoms with Crippen LogP contribution in [0.25, 0.3) is 0 Å². The second-order valence-electron chi connectivity index (χ2n) is 7.58. The van der Waals surface area contributed by atoms with E-state index in [2.05, 4.69) is 6.58 Å². The summed E-state index contributed by atoms with van der Waals surface area (Å²) in [6, 6.07) is 0. The van der Waals surface area contributed by atoms with Crippen LogP contribution in [0, 0.1) is 11.3 Å². The number of ether oxygens (including phenoxy) is 2. The van der Waals surface area contributed by atoms with E-state index < -0.39 is 16.6 Å². The van der Waals surface area contributed by atoms with Crippen molar-refractivity contribution in [3.05, 3.63) is 12.2 Å². The SMILES string of the molecule is C=C(C)C(=O)OC12CC3CC(C)(C1)OC(=O)C(C)(C3)C2. The minimum absolute atomic E-state index is 0.129. The van der Waals surface area contributed by atoms with Crippen LogP contribution < -0.4 is 0 Å². The van der Waals surface area contributed by atoms with Crippen molar-refractivity contribution in [2.45, 2.75) is 64.1 Å². The summed E-state index contributed by atoms with van der Waals surface area (Å²) in [6.45, 7) is 9.22. The minimum Gasteiger partial charge on any atom is -0.459 e. The molecule has 0 radical (unpaired) electrons. The predicted octanol–water partition coefficient (Wildman–Crippen LogP) is 2.76. The molecule has 2 heterocycles. The van der Waals surface area contributed by atoms with Crippen LogP contribution in [0.3, 0.4) is 0 Å². The third kappa shape index (κ3) is 1.97. The highest BCUT2D eigenvalue weighted by atomic mass is 16.6. The van der Waals surface area contributed by atoms with Crippen LogP contribution in [-0.4, -0.2) is 23.1 Å². The van der Waals surface area contributed by atoms with Gasteiger partial charge in [0, 0.05) is 18.4 Å². The summed E-state index contributed by atoms with van der Waals surface area (Å²) in [5.74, 6) is -0.0982. The van der Waals surface area contributed by atoms with Gasteiger partial charge in [-0.25, -0.2) is 4.79 Å². The van der Waals surface area contributed by atoms with Gasteiger partial charge in [0.15, 0.2) is 0 Å². The molecular weight excluding hydrogens is 256 g/mol. The number of hydrogen-bond donors (Lipinski definition) is 0. The lowest BCUT2D eigenvalue weighted by Gasteiger charge is -2.50. The van der Waals surface area contributed by atoms with Crippen LogP contribution >= 0.6 is 0 Å². The fourth-order valence-corrected chi connectivity index (χ4v) is 4.71. The largest absolute Gasteiger partial charge is 0.459 e. The molecule has 4 nitrogen and oxygen atoms in total. The number of fused-ring (bicyclic) bond motifs is 1. The average molecular weight is 278 g/mol. The summed E-state index contributed by atoms with van der Waals surface area (Å²) in [5, 5.41) is 0. The van der Waals surface area contributed by atoms with Gasteiger partial charge in [-0.15, -0.1) is 0 Å². The first-order chi connectivity index (χ1) is 9.15. The molecule has 4 bridgehead atoms. The summed E-state index contributed by atoms with van der Waals surface area (Å²) >= 11 is 0. The van der Waals surface area contributed by atoms with Gasteiger partial charge in [0.05, 0.1) is 5.41 Å². The van der Waals surface area contributed by atoms with E-state index in [0.29, 0.717) is 24.3 Å². The summed E-state index contributed by atoms with van der Waals surface area (Å²) in [5.41, 5.74) is -1.18. The number of carbonyl (C=O) groups is 2. The highest BCUT2D eigenvalue weighted by Gasteiger charge is 2.63. The fourth-order valence-electron chi connectivity index (χ4n) is 4.71. The fraction of sp³-hybridized carbons (Fsp3) is 0.750. The lowest BCUT2D eigenvalue weighted by Crippen LogP contribution is -2.53. The van der Waals surface area contributed by atoms with Gasteiger partial charge in [-0.2, -0.15) is 0 Å². The zero-order valence-electron chi connectivity index (χ0n) is 12.5. The van der Waals surface area contributed by atoms with Gasteiger partial charge < -0.3 is 9.47 Å². The molecule has 110 valence electrons. The molecule has 0 spiro atoms. The van der Waals surface area contributed by atoms with Gasteiger partial charge in [-0.05, 0) is 46.0 Å². The molecule has 4 atom stereocenters. The monoisotopic (exact) mass is 278 g/mol. The molecule has 2 aliphatic carbocycles. The maximum Gasteiger partial charge on any atom is 0.333 e. The molecule has 4 heteroatoms. The van der Waals surface area contributed by atoms with Crippen molar-refractivity contribution in [3.63, 3.8) is 0 Å². The van der Waals surface area contributed by atoms with Crippen LogP contribution in [0.1, 0.15) is 52.9 Å². The lowest BCUT2D eigenvalue weighted by molar-refractivity contribution is -0.179. The molecule has 0 aromatic heterocycles. The number of hydrogen-bond acceptors (Lipinski definition) is 4. The van der Waals surface area contributed by atoms with Gasteiger partial charge >= 0.3 is 11.9 Å². The normalized spacial score (nSPS) is 45.8. The van der Waals surface area contributed by atoms with Crippen LogP contribution in [-0.2, 0) is 19.1 Å². The smallest absolute Gasteiger partial charge is 0.333 e. The van der Waals surface area contributed by atoms with Crippen molar-refractivity contribution < 1.29 is 19.1 Å². The quantitative estimate of drug-likeness (QED) is 0.575. The Bertz CT molecular complexity index is 511. The molecule has 0 N–H and O–H groups in total. The second-order valence-corrected chi connectivity index (χ2v) is 7.58. The topological polar surface area (TPSA) is 52.6 Å². The minimum atomic E-state index is -0.563. The summed E-state index contributed by atoms with van der Waals surface area (Å²) in [6.07, 6.45) is 3.74. The number of carbonyl (C=O) groups excluding carboxylic acids is 2. The van der Waals surface area contributed by atoms with Crippen molar-refractivity contribution in [2.24, 2.45) is 11.3 Å². The number of esters is 2. The zero-order valence-corrected chi connectivity index (χ0v) is 12.5. The van der Waals surface area contributed by atoms with E-state index >= 15 is 0 Å². The first-order valence-corrected chi connectivity index (χ1v) is 7.28. The molecule has 4 unspecified atom stereocenters. The summed E-state index contributed by atoms with van der Waals surface area (Å²) < 4.78 is 11.5. The Kier molecular flexibility index (Phi) is 2.64. The van der Waals surface area contributed by atoms with Gasteiger partial charge in [0.25, 0.3) is 0 Å². The standard InChI is InChI=1S/C16H22O4/c1-10(2)12(17)19-16-7-11-5-14(3,8-16)13(18)20-15(4,6-11)9-16/h11H,1,5-9H2,2-4H3. The number of rotatable bonds is 2. The second kappa shape index (κ2) is 3.86. The van der Waals surface area contributed by atoms with E-state index in [1.807, 2.05) is 13.8 Å². The molecule has 4 rings (SSSR count). The van der Waals surface area contributed by atoms with Gasteiger partial charge in [0.1, 0.15) is 11.2 Å². The van der Waals surface area contributed by atoms with E-state index in [1.54, 1.807) is 6.92 Å². The molecule has 0 aromatic rings. The van der Waals surface area contributed by atoms with E-state index in [-0.39, 0.29) is 11.9 Å². The first-order valence-electron chi connectivity index (χ1n) is 7.28. The van der Waals surface area contributed by atoms with E-state index in [0.717, 1.165) is 19.3 Å².